The minimum atomic E-state index is -0.433. The van der Waals surface area contributed by atoms with E-state index in [0.29, 0.717) is 5.82 Å². The predicted octanol–water partition coefficient (Wildman–Crippen LogP) is 1.54. The lowest BCUT2D eigenvalue weighted by Crippen LogP contribution is -2.24. The van der Waals surface area contributed by atoms with Crippen molar-refractivity contribution in [2.45, 2.75) is 6.54 Å². The summed E-state index contributed by atoms with van der Waals surface area (Å²) < 4.78 is 1.76. The fourth-order valence-corrected chi connectivity index (χ4v) is 2.22. The van der Waals surface area contributed by atoms with Crippen LogP contribution in [0.25, 0.3) is 5.82 Å². The van der Waals surface area contributed by atoms with Crippen molar-refractivity contribution in [2.24, 2.45) is 0 Å². The van der Waals surface area contributed by atoms with Crippen molar-refractivity contribution in [1.82, 2.24) is 24.8 Å². The van der Waals surface area contributed by atoms with Crippen LogP contribution in [0, 0.1) is 0 Å². The van der Waals surface area contributed by atoms with Crippen LogP contribution in [0.2, 0.25) is 5.02 Å². The van der Waals surface area contributed by atoms with E-state index in [0.717, 1.165) is 5.56 Å². The number of hydrogen-bond donors (Lipinski definition) is 2. The number of carbonyl (C=O) groups excluding carboxylic acids is 1. The predicted molar refractivity (Wildman–Crippen MR) is 84.6 cm³/mol. The summed E-state index contributed by atoms with van der Waals surface area (Å²) in [7, 11) is 0. The van der Waals surface area contributed by atoms with E-state index in [4.69, 9.17) is 11.6 Å². The van der Waals surface area contributed by atoms with E-state index in [-0.39, 0.29) is 23.0 Å². The summed E-state index contributed by atoms with van der Waals surface area (Å²) in [6, 6.07) is 4.98. The standard InChI is InChI=1S/C15H12ClN5O2/c16-12-6-11(8-20-15(12)23)14(22)19-7-10-2-1-3-18-13(10)21-5-4-17-9-21/h1-6,8-9H,7H2,(H,19,22)(H,20,23). The molecule has 2 N–H and O–H groups in total. The number of H-pyrrole nitrogens is 1. The van der Waals surface area contributed by atoms with Gasteiger partial charge in [-0.1, -0.05) is 17.7 Å². The Hall–Kier alpha value is -2.93. The van der Waals surface area contributed by atoms with Gasteiger partial charge in [0.1, 0.15) is 17.2 Å². The molecule has 0 saturated carbocycles. The lowest BCUT2D eigenvalue weighted by molar-refractivity contribution is 0.0950. The molecule has 7 nitrogen and oxygen atoms in total. The zero-order valence-corrected chi connectivity index (χ0v) is 12.6. The summed E-state index contributed by atoms with van der Waals surface area (Å²) in [5, 5.41) is 2.74. The molecule has 3 heterocycles. The van der Waals surface area contributed by atoms with Gasteiger partial charge >= 0.3 is 0 Å². The van der Waals surface area contributed by atoms with Crippen LogP contribution in [0.5, 0.6) is 0 Å². The Morgan fingerprint density at radius 2 is 2.26 bits per heavy atom. The fraction of sp³-hybridized carbons (Fsp3) is 0.0667. The van der Waals surface area contributed by atoms with E-state index in [1.54, 1.807) is 35.6 Å². The highest BCUT2D eigenvalue weighted by molar-refractivity contribution is 6.30. The molecule has 3 aromatic heterocycles. The van der Waals surface area contributed by atoms with Crippen LogP contribution in [-0.2, 0) is 6.54 Å². The molecular formula is C15H12ClN5O2. The maximum atomic E-state index is 12.1. The summed E-state index contributed by atoms with van der Waals surface area (Å²) in [6.45, 7) is 0.275. The molecule has 3 rings (SSSR count). The first-order valence-corrected chi connectivity index (χ1v) is 7.11. The first-order valence-electron chi connectivity index (χ1n) is 6.74. The Morgan fingerprint density at radius 3 is 3.00 bits per heavy atom. The summed E-state index contributed by atoms with van der Waals surface area (Å²) in [4.78, 5) is 34.1. The molecule has 0 aliphatic heterocycles. The van der Waals surface area contributed by atoms with Crippen molar-refractivity contribution in [3.8, 4) is 5.82 Å². The van der Waals surface area contributed by atoms with Crippen molar-refractivity contribution >= 4 is 17.5 Å². The number of carbonyl (C=O) groups is 1. The molecule has 3 aromatic rings. The maximum Gasteiger partial charge on any atom is 0.266 e. The first kappa shape index (κ1) is 15.0. The van der Waals surface area contributed by atoms with E-state index >= 15 is 0 Å². The largest absolute Gasteiger partial charge is 0.348 e. The van der Waals surface area contributed by atoms with Crippen LogP contribution in [-0.4, -0.2) is 25.4 Å². The maximum absolute atomic E-state index is 12.1. The number of hydrogen-bond acceptors (Lipinski definition) is 4. The number of nitrogens with zero attached hydrogens (tertiary/aromatic N) is 3. The third kappa shape index (κ3) is 3.29. The van der Waals surface area contributed by atoms with Crippen LogP contribution in [0.3, 0.4) is 0 Å². The Bertz CT molecular complexity index is 889. The van der Waals surface area contributed by atoms with Crippen LogP contribution < -0.4 is 10.9 Å². The lowest BCUT2D eigenvalue weighted by atomic mass is 10.2. The first-order chi connectivity index (χ1) is 11.1. The van der Waals surface area contributed by atoms with Crippen LogP contribution in [0.4, 0.5) is 0 Å². The number of nitrogens with one attached hydrogen (secondary N) is 2. The van der Waals surface area contributed by atoms with Crippen molar-refractivity contribution < 1.29 is 4.79 Å². The van der Waals surface area contributed by atoms with Crippen LogP contribution in [0.15, 0.2) is 54.1 Å². The fourth-order valence-electron chi connectivity index (χ4n) is 2.05. The zero-order chi connectivity index (χ0) is 16.2. The van der Waals surface area contributed by atoms with E-state index in [2.05, 4.69) is 20.3 Å². The normalized spacial score (nSPS) is 10.5. The van der Waals surface area contributed by atoms with Crippen molar-refractivity contribution in [3.05, 3.63) is 75.8 Å². The van der Waals surface area contributed by atoms with Gasteiger partial charge in [-0.2, -0.15) is 0 Å². The van der Waals surface area contributed by atoms with Gasteiger partial charge in [0, 0.05) is 36.9 Å². The van der Waals surface area contributed by atoms with Gasteiger partial charge in [-0.25, -0.2) is 9.97 Å². The molecule has 1 amide bonds. The Labute approximate surface area is 136 Å². The zero-order valence-electron chi connectivity index (χ0n) is 11.9. The number of rotatable bonds is 4. The smallest absolute Gasteiger partial charge is 0.266 e. The molecule has 0 aliphatic carbocycles. The van der Waals surface area contributed by atoms with Crippen molar-refractivity contribution in [1.29, 1.82) is 0 Å². The quantitative estimate of drug-likeness (QED) is 0.759. The number of halogens is 1. The molecule has 0 aliphatic rings. The van der Waals surface area contributed by atoms with Gasteiger partial charge in [-0.3, -0.25) is 14.2 Å². The number of aromatic amines is 1. The third-order valence-electron chi connectivity index (χ3n) is 3.18. The van der Waals surface area contributed by atoms with Gasteiger partial charge in [0.25, 0.3) is 11.5 Å². The van der Waals surface area contributed by atoms with E-state index in [1.165, 1.54) is 12.3 Å². The van der Waals surface area contributed by atoms with Gasteiger partial charge in [0.15, 0.2) is 0 Å². The Kier molecular flexibility index (Phi) is 4.20. The highest BCUT2D eigenvalue weighted by Crippen LogP contribution is 2.11. The topological polar surface area (TPSA) is 92.7 Å². The molecule has 116 valence electrons. The SMILES string of the molecule is O=C(NCc1cccnc1-n1ccnc1)c1c[nH]c(=O)c(Cl)c1. The van der Waals surface area contributed by atoms with E-state index in [1.807, 2.05) is 6.07 Å². The number of pyridine rings is 2. The highest BCUT2D eigenvalue weighted by Gasteiger charge is 2.10. The molecule has 0 atom stereocenters. The Morgan fingerprint density at radius 1 is 1.39 bits per heavy atom. The summed E-state index contributed by atoms with van der Waals surface area (Å²) in [5.74, 6) is 0.341. The lowest BCUT2D eigenvalue weighted by Gasteiger charge is -2.10. The van der Waals surface area contributed by atoms with Crippen molar-refractivity contribution in [3.63, 3.8) is 0 Å². The molecule has 0 spiro atoms. The monoisotopic (exact) mass is 329 g/mol. The number of imidazole rings is 1. The minimum absolute atomic E-state index is 0.0295. The average Bonchev–Trinajstić information content (AvgIpc) is 3.10. The molecule has 0 bridgehead atoms. The van der Waals surface area contributed by atoms with Gasteiger partial charge in [-0.15, -0.1) is 0 Å². The molecule has 0 unspecified atom stereocenters. The summed E-state index contributed by atoms with van der Waals surface area (Å²) in [6.07, 6.45) is 8.05. The molecule has 0 aromatic carbocycles. The second-order valence-electron chi connectivity index (χ2n) is 4.70. The number of aromatic nitrogens is 4. The Balaban J connectivity index is 1.77. The minimum Gasteiger partial charge on any atom is -0.348 e. The molecule has 8 heteroatoms. The summed E-state index contributed by atoms with van der Waals surface area (Å²) in [5.41, 5.74) is 0.676. The third-order valence-corrected chi connectivity index (χ3v) is 3.46. The van der Waals surface area contributed by atoms with Gasteiger partial charge in [-0.05, 0) is 12.1 Å². The second-order valence-corrected chi connectivity index (χ2v) is 5.11. The van der Waals surface area contributed by atoms with E-state index < -0.39 is 5.56 Å². The van der Waals surface area contributed by atoms with Gasteiger partial charge in [0.05, 0.1) is 5.56 Å². The molecule has 0 radical (unpaired) electrons. The molecule has 0 saturated heterocycles. The molecule has 23 heavy (non-hydrogen) atoms. The average molecular weight is 330 g/mol. The highest BCUT2D eigenvalue weighted by atomic mass is 35.5. The van der Waals surface area contributed by atoms with Crippen LogP contribution >= 0.6 is 11.6 Å². The summed E-state index contributed by atoms with van der Waals surface area (Å²) >= 11 is 5.72. The molecule has 0 fully saturated rings. The van der Waals surface area contributed by atoms with Gasteiger partial charge < -0.3 is 10.3 Å². The second kappa shape index (κ2) is 6.45. The van der Waals surface area contributed by atoms with Gasteiger partial charge in [0.2, 0.25) is 0 Å². The van der Waals surface area contributed by atoms with E-state index in [9.17, 15) is 9.59 Å². The number of amides is 1. The van der Waals surface area contributed by atoms with Crippen molar-refractivity contribution in [2.75, 3.05) is 0 Å². The molecular weight excluding hydrogens is 318 g/mol. The van der Waals surface area contributed by atoms with Crippen LogP contribution in [0.1, 0.15) is 15.9 Å².